The number of carbonyl (C=O) groups is 1. The lowest BCUT2D eigenvalue weighted by Gasteiger charge is -2.28. The monoisotopic (exact) mass is 478 g/mol. The second-order valence-corrected chi connectivity index (χ2v) is 9.62. The maximum Gasteiger partial charge on any atom is 0.267 e. The standard InChI is InChI=1S/C26H23ClN2O5/c1-29-18-10-6-5-9-17(18)26(32,25(29)31)23-20-21(30)16-13-14(27)11-12-19(16)33-22(20)24(34-23)28-15-7-3-2-4-8-15/h5-6,9-13,15,23,32H,2-4,7-8H2,1H3/t23-,26-/m0/s1. The number of likely N-dealkylation sites (N-methyl/N-ethyl adjacent to an activating group) is 1. The minimum Gasteiger partial charge on any atom is -0.463 e. The van der Waals surface area contributed by atoms with E-state index in [2.05, 4.69) is 0 Å². The van der Waals surface area contributed by atoms with Gasteiger partial charge in [0.05, 0.1) is 22.7 Å². The topological polar surface area (TPSA) is 92.3 Å². The summed E-state index contributed by atoms with van der Waals surface area (Å²) in [5.41, 5.74) is -1.13. The Morgan fingerprint density at radius 1 is 1.12 bits per heavy atom. The van der Waals surface area contributed by atoms with Gasteiger partial charge in [-0.05, 0) is 37.1 Å². The van der Waals surface area contributed by atoms with Crippen LogP contribution in [-0.2, 0) is 15.1 Å². The van der Waals surface area contributed by atoms with E-state index in [1.54, 1.807) is 43.4 Å². The van der Waals surface area contributed by atoms with E-state index in [9.17, 15) is 14.7 Å². The van der Waals surface area contributed by atoms with Crippen LogP contribution in [0.4, 0.5) is 5.69 Å². The van der Waals surface area contributed by atoms with Crippen LogP contribution in [0.2, 0.25) is 5.02 Å². The summed E-state index contributed by atoms with van der Waals surface area (Å²) in [6, 6.07) is 11.8. The number of hydrogen-bond acceptors (Lipinski definition) is 6. The molecule has 2 aliphatic heterocycles. The number of benzene rings is 2. The Hall–Kier alpha value is -3.16. The quantitative estimate of drug-likeness (QED) is 0.587. The summed E-state index contributed by atoms with van der Waals surface area (Å²) in [4.78, 5) is 33.3. The lowest BCUT2D eigenvalue weighted by atomic mass is 9.85. The molecule has 1 N–H and O–H groups in total. The van der Waals surface area contributed by atoms with Gasteiger partial charge in [-0.1, -0.05) is 49.1 Å². The normalized spacial score (nSPS) is 25.6. The number of rotatable bonds is 2. The third-order valence-electron chi connectivity index (χ3n) is 7.13. The van der Waals surface area contributed by atoms with E-state index in [1.165, 1.54) is 17.4 Å². The van der Waals surface area contributed by atoms with Crippen LogP contribution in [0.3, 0.4) is 0 Å². The van der Waals surface area contributed by atoms with Crippen LogP contribution in [-0.4, -0.2) is 30.0 Å². The smallest absolute Gasteiger partial charge is 0.267 e. The van der Waals surface area contributed by atoms with E-state index >= 15 is 0 Å². The fourth-order valence-corrected chi connectivity index (χ4v) is 5.56. The highest BCUT2D eigenvalue weighted by molar-refractivity contribution is 6.31. The van der Waals surface area contributed by atoms with Crippen LogP contribution in [0, 0.1) is 0 Å². The van der Waals surface area contributed by atoms with Gasteiger partial charge >= 0.3 is 0 Å². The summed E-state index contributed by atoms with van der Waals surface area (Å²) in [7, 11) is 1.59. The number of aliphatic imine (C=N–C) groups is 1. The van der Waals surface area contributed by atoms with E-state index in [-0.39, 0.29) is 28.6 Å². The van der Waals surface area contributed by atoms with Crippen molar-refractivity contribution in [3.05, 3.63) is 74.6 Å². The fourth-order valence-electron chi connectivity index (χ4n) is 5.38. The predicted molar refractivity (Wildman–Crippen MR) is 128 cm³/mol. The Labute approximate surface area is 200 Å². The molecule has 3 aromatic rings. The van der Waals surface area contributed by atoms with Crippen LogP contribution >= 0.6 is 11.6 Å². The molecule has 1 aromatic heterocycles. The van der Waals surface area contributed by atoms with E-state index in [1.807, 2.05) is 0 Å². The van der Waals surface area contributed by atoms with Crippen LogP contribution < -0.4 is 10.3 Å². The average Bonchev–Trinajstić information content (AvgIpc) is 3.31. The number of nitrogens with zero attached hydrogens (tertiary/aromatic N) is 2. The van der Waals surface area contributed by atoms with Crippen LogP contribution in [0.25, 0.3) is 11.0 Å². The molecule has 2 atom stereocenters. The van der Waals surface area contributed by atoms with Crippen molar-refractivity contribution in [1.82, 2.24) is 0 Å². The minimum absolute atomic E-state index is 0.0328. The van der Waals surface area contributed by atoms with E-state index in [0.29, 0.717) is 21.9 Å². The zero-order valence-electron chi connectivity index (χ0n) is 18.6. The molecule has 6 rings (SSSR count). The number of amides is 1. The van der Waals surface area contributed by atoms with Gasteiger partial charge in [-0.25, -0.2) is 4.99 Å². The molecule has 0 saturated heterocycles. The van der Waals surface area contributed by atoms with Gasteiger partial charge in [0.15, 0.2) is 11.9 Å². The SMILES string of the molecule is CN1C(=O)[C@@](O)([C@H]2OC(=NC3CCCCC3)c3oc4ccc(Cl)cc4c(=O)c32)c2ccccc21. The molecule has 0 unspecified atom stereocenters. The molecule has 0 bridgehead atoms. The summed E-state index contributed by atoms with van der Waals surface area (Å²) >= 11 is 6.15. The Bertz CT molecular complexity index is 1420. The molecular weight excluding hydrogens is 456 g/mol. The minimum atomic E-state index is -2.11. The summed E-state index contributed by atoms with van der Waals surface area (Å²) in [6.45, 7) is 0. The van der Waals surface area contributed by atoms with Crippen molar-refractivity contribution in [2.24, 2.45) is 4.99 Å². The Balaban J connectivity index is 1.59. The number of para-hydroxylation sites is 1. The van der Waals surface area contributed by atoms with Crippen LogP contribution in [0.15, 0.2) is 56.7 Å². The maximum absolute atomic E-state index is 13.7. The van der Waals surface area contributed by atoms with E-state index in [0.717, 1.165) is 25.7 Å². The fraction of sp³-hybridized carbons (Fsp3) is 0.346. The molecule has 174 valence electrons. The van der Waals surface area contributed by atoms with Gasteiger partial charge in [0, 0.05) is 17.6 Å². The summed E-state index contributed by atoms with van der Waals surface area (Å²) in [5, 5.41) is 12.6. The molecule has 7 nitrogen and oxygen atoms in total. The molecule has 1 saturated carbocycles. The second-order valence-electron chi connectivity index (χ2n) is 9.19. The van der Waals surface area contributed by atoms with Gasteiger partial charge in [-0.3, -0.25) is 9.59 Å². The van der Waals surface area contributed by atoms with Gasteiger partial charge in [0.2, 0.25) is 11.0 Å². The van der Waals surface area contributed by atoms with Crippen molar-refractivity contribution >= 4 is 40.1 Å². The Morgan fingerprint density at radius 2 is 1.88 bits per heavy atom. The maximum atomic E-state index is 13.7. The van der Waals surface area contributed by atoms with Crippen molar-refractivity contribution in [3.63, 3.8) is 0 Å². The van der Waals surface area contributed by atoms with Gasteiger partial charge in [-0.2, -0.15) is 0 Å². The molecule has 0 spiro atoms. The molecule has 0 radical (unpaired) electrons. The third-order valence-corrected chi connectivity index (χ3v) is 7.37. The molecule has 3 heterocycles. The van der Waals surface area contributed by atoms with E-state index in [4.69, 9.17) is 25.7 Å². The number of halogens is 1. The summed E-state index contributed by atoms with van der Waals surface area (Å²) in [5.74, 6) is -0.244. The van der Waals surface area contributed by atoms with Gasteiger partial charge in [-0.15, -0.1) is 0 Å². The largest absolute Gasteiger partial charge is 0.463 e. The first-order valence-electron chi connectivity index (χ1n) is 11.5. The lowest BCUT2D eigenvalue weighted by molar-refractivity contribution is -0.147. The Kier molecular flexibility index (Phi) is 4.83. The van der Waals surface area contributed by atoms with Crippen molar-refractivity contribution in [2.45, 2.75) is 49.9 Å². The van der Waals surface area contributed by atoms with Gasteiger partial charge in [0.25, 0.3) is 11.8 Å². The highest BCUT2D eigenvalue weighted by Crippen LogP contribution is 2.51. The number of hydrogen-bond donors (Lipinski definition) is 1. The highest BCUT2D eigenvalue weighted by Gasteiger charge is 2.60. The molecule has 1 aliphatic carbocycles. The van der Waals surface area contributed by atoms with Crippen molar-refractivity contribution in [3.8, 4) is 0 Å². The first kappa shape index (κ1) is 21.4. The Morgan fingerprint density at radius 3 is 2.68 bits per heavy atom. The molecule has 34 heavy (non-hydrogen) atoms. The van der Waals surface area contributed by atoms with Gasteiger partial charge in [0.1, 0.15) is 5.58 Å². The molecule has 3 aliphatic rings. The van der Waals surface area contributed by atoms with Crippen molar-refractivity contribution in [1.29, 1.82) is 0 Å². The number of carbonyl (C=O) groups excluding carboxylic acids is 1. The van der Waals surface area contributed by atoms with Crippen LogP contribution in [0.5, 0.6) is 0 Å². The van der Waals surface area contributed by atoms with E-state index < -0.39 is 23.0 Å². The van der Waals surface area contributed by atoms with Crippen molar-refractivity contribution < 1.29 is 19.1 Å². The predicted octanol–water partition coefficient (Wildman–Crippen LogP) is 4.46. The summed E-state index contributed by atoms with van der Waals surface area (Å²) < 4.78 is 12.3. The summed E-state index contributed by atoms with van der Waals surface area (Å²) in [6.07, 6.45) is 3.82. The molecule has 1 fully saturated rings. The second kappa shape index (κ2) is 7.68. The first-order valence-corrected chi connectivity index (χ1v) is 11.9. The average molecular weight is 479 g/mol. The molecule has 8 heteroatoms. The number of anilines is 1. The van der Waals surface area contributed by atoms with Crippen LogP contribution in [0.1, 0.15) is 55.1 Å². The molecular formula is C26H23ClN2O5. The lowest BCUT2D eigenvalue weighted by Crippen LogP contribution is -2.44. The van der Waals surface area contributed by atoms with Crippen molar-refractivity contribution in [2.75, 3.05) is 11.9 Å². The highest BCUT2D eigenvalue weighted by atomic mass is 35.5. The number of aliphatic hydroxyl groups is 1. The zero-order valence-corrected chi connectivity index (χ0v) is 19.3. The number of fused-ring (bicyclic) bond motifs is 3. The zero-order chi connectivity index (χ0) is 23.6. The molecule has 1 amide bonds. The third kappa shape index (κ3) is 2.96. The number of ether oxygens (including phenoxy) is 1. The molecule has 2 aromatic carbocycles. The van der Waals surface area contributed by atoms with Gasteiger partial charge < -0.3 is 19.2 Å². The first-order chi connectivity index (χ1) is 16.4.